The van der Waals surface area contributed by atoms with E-state index in [4.69, 9.17) is 11.6 Å². The summed E-state index contributed by atoms with van der Waals surface area (Å²) in [7, 11) is 0. The fourth-order valence-corrected chi connectivity index (χ4v) is 3.76. The Morgan fingerprint density at radius 3 is 2.45 bits per heavy atom. The summed E-state index contributed by atoms with van der Waals surface area (Å²) in [6, 6.07) is 22.5. The third kappa shape index (κ3) is 3.58. The van der Waals surface area contributed by atoms with Crippen molar-refractivity contribution in [3.63, 3.8) is 0 Å². The Hall–Kier alpha value is -3.64. The molecule has 0 saturated carbocycles. The molecule has 0 fully saturated rings. The Labute approximate surface area is 172 Å². The standard InChI is InChI=1S/C26H23N3/c1-5-20-11-7-10-19(3)25(20)29-17-24(21-12-6-9-18(2)15-21)28-26(29)22-13-8-14-23(16-22)27-4/h6-17H,5H2,1-3H3. The van der Waals surface area contributed by atoms with E-state index in [1.165, 1.54) is 22.4 Å². The van der Waals surface area contributed by atoms with Crippen LogP contribution in [-0.2, 0) is 6.42 Å². The number of hydrogen-bond acceptors (Lipinski definition) is 1. The molecule has 0 radical (unpaired) electrons. The van der Waals surface area contributed by atoms with Gasteiger partial charge in [0.05, 0.1) is 18.0 Å². The first-order valence-electron chi connectivity index (χ1n) is 9.84. The summed E-state index contributed by atoms with van der Waals surface area (Å²) in [6.07, 6.45) is 3.06. The molecule has 4 aromatic rings. The molecule has 0 atom stereocenters. The molecule has 0 saturated heterocycles. The summed E-state index contributed by atoms with van der Waals surface area (Å²) in [6.45, 7) is 13.8. The number of aryl methyl sites for hydroxylation is 3. The van der Waals surface area contributed by atoms with Crippen LogP contribution in [0.1, 0.15) is 23.6 Å². The van der Waals surface area contributed by atoms with E-state index in [1.54, 1.807) is 0 Å². The number of hydrogen-bond donors (Lipinski definition) is 0. The van der Waals surface area contributed by atoms with Crippen LogP contribution >= 0.6 is 0 Å². The molecule has 0 N–H and O–H groups in total. The summed E-state index contributed by atoms with van der Waals surface area (Å²) in [5.74, 6) is 0.857. The van der Waals surface area contributed by atoms with Crippen LogP contribution in [0, 0.1) is 20.4 Å². The first-order valence-corrected chi connectivity index (χ1v) is 9.84. The second kappa shape index (κ2) is 7.77. The minimum atomic E-state index is 0.620. The Bertz CT molecular complexity index is 1220. The Balaban J connectivity index is 2.00. The van der Waals surface area contributed by atoms with E-state index in [1.807, 2.05) is 24.3 Å². The van der Waals surface area contributed by atoms with Gasteiger partial charge < -0.3 is 0 Å². The lowest BCUT2D eigenvalue weighted by atomic mass is 10.0. The quantitative estimate of drug-likeness (QED) is 0.353. The molecule has 3 nitrogen and oxygen atoms in total. The van der Waals surface area contributed by atoms with Crippen molar-refractivity contribution in [3.05, 3.63) is 101 Å². The first kappa shape index (κ1) is 18.7. The maximum Gasteiger partial charge on any atom is 0.187 e. The lowest BCUT2D eigenvalue weighted by Crippen LogP contribution is -2.03. The summed E-state index contributed by atoms with van der Waals surface area (Å²) in [4.78, 5) is 8.62. The normalized spacial score (nSPS) is 10.7. The van der Waals surface area contributed by atoms with Crippen molar-refractivity contribution in [2.45, 2.75) is 27.2 Å². The third-order valence-electron chi connectivity index (χ3n) is 5.20. The number of rotatable bonds is 4. The van der Waals surface area contributed by atoms with E-state index in [-0.39, 0.29) is 0 Å². The molecule has 0 aliphatic carbocycles. The lowest BCUT2D eigenvalue weighted by molar-refractivity contribution is 0.996. The highest BCUT2D eigenvalue weighted by Gasteiger charge is 2.17. The number of benzene rings is 3. The molecule has 3 aromatic carbocycles. The summed E-state index contributed by atoms with van der Waals surface area (Å²) in [5, 5.41) is 0. The van der Waals surface area contributed by atoms with Crippen LogP contribution < -0.4 is 0 Å². The smallest absolute Gasteiger partial charge is 0.187 e. The fraction of sp³-hybridized carbons (Fsp3) is 0.154. The van der Waals surface area contributed by atoms with Gasteiger partial charge >= 0.3 is 0 Å². The van der Waals surface area contributed by atoms with E-state index in [0.717, 1.165) is 29.1 Å². The molecule has 0 aliphatic rings. The first-order chi connectivity index (χ1) is 14.1. The number of aromatic nitrogens is 2. The van der Waals surface area contributed by atoms with Gasteiger partial charge in [-0.1, -0.05) is 67.1 Å². The van der Waals surface area contributed by atoms with Gasteiger partial charge in [0.2, 0.25) is 0 Å². The molecule has 4 rings (SSSR count). The molecular weight excluding hydrogens is 354 g/mol. The molecule has 0 unspecified atom stereocenters. The van der Waals surface area contributed by atoms with Gasteiger partial charge in [-0.15, -0.1) is 0 Å². The van der Waals surface area contributed by atoms with Gasteiger partial charge in [-0.3, -0.25) is 4.57 Å². The van der Waals surface area contributed by atoms with Crippen molar-refractivity contribution in [2.75, 3.05) is 0 Å². The van der Waals surface area contributed by atoms with Crippen LogP contribution in [0.3, 0.4) is 0 Å². The Morgan fingerprint density at radius 1 is 0.931 bits per heavy atom. The lowest BCUT2D eigenvalue weighted by Gasteiger charge is -2.15. The van der Waals surface area contributed by atoms with Gasteiger partial charge in [0.15, 0.2) is 5.69 Å². The van der Waals surface area contributed by atoms with Crippen LogP contribution in [0.15, 0.2) is 72.9 Å². The Kier molecular flexibility index (Phi) is 5.01. The van der Waals surface area contributed by atoms with Gasteiger partial charge in [-0.05, 0) is 43.5 Å². The Morgan fingerprint density at radius 2 is 1.69 bits per heavy atom. The largest absolute Gasteiger partial charge is 0.299 e. The maximum atomic E-state index is 7.38. The van der Waals surface area contributed by atoms with Crippen molar-refractivity contribution in [1.29, 1.82) is 0 Å². The van der Waals surface area contributed by atoms with Crippen LogP contribution in [0.5, 0.6) is 0 Å². The summed E-state index contributed by atoms with van der Waals surface area (Å²) < 4.78 is 2.19. The maximum absolute atomic E-state index is 7.38. The summed E-state index contributed by atoms with van der Waals surface area (Å²) in [5.41, 5.74) is 8.46. The van der Waals surface area contributed by atoms with Crippen molar-refractivity contribution < 1.29 is 0 Å². The predicted octanol–water partition coefficient (Wildman–Crippen LogP) is 6.94. The van der Waals surface area contributed by atoms with E-state index in [9.17, 15) is 0 Å². The third-order valence-corrected chi connectivity index (χ3v) is 5.20. The zero-order valence-electron chi connectivity index (χ0n) is 17.0. The zero-order chi connectivity index (χ0) is 20.4. The van der Waals surface area contributed by atoms with Crippen molar-refractivity contribution in [3.8, 4) is 28.3 Å². The van der Waals surface area contributed by atoms with Gasteiger partial charge in [0, 0.05) is 17.3 Å². The van der Waals surface area contributed by atoms with Crippen molar-refractivity contribution in [2.24, 2.45) is 0 Å². The van der Waals surface area contributed by atoms with Gasteiger partial charge in [0.25, 0.3) is 0 Å². The number of imidazole rings is 1. The topological polar surface area (TPSA) is 22.2 Å². The molecule has 142 valence electrons. The number of nitrogens with zero attached hydrogens (tertiary/aromatic N) is 3. The minimum Gasteiger partial charge on any atom is -0.299 e. The van der Waals surface area contributed by atoms with Crippen molar-refractivity contribution in [1.82, 2.24) is 9.55 Å². The van der Waals surface area contributed by atoms with Crippen LogP contribution in [0.25, 0.3) is 33.2 Å². The highest BCUT2D eigenvalue weighted by Crippen LogP contribution is 2.32. The monoisotopic (exact) mass is 377 g/mol. The van der Waals surface area contributed by atoms with Gasteiger partial charge in [-0.25, -0.2) is 9.83 Å². The minimum absolute atomic E-state index is 0.620. The van der Waals surface area contributed by atoms with Crippen molar-refractivity contribution >= 4 is 5.69 Å². The molecule has 3 heteroatoms. The highest BCUT2D eigenvalue weighted by atomic mass is 15.1. The van der Waals surface area contributed by atoms with Gasteiger partial charge in [-0.2, -0.15) is 0 Å². The highest BCUT2D eigenvalue weighted by molar-refractivity contribution is 5.71. The molecule has 0 bridgehead atoms. The summed E-state index contributed by atoms with van der Waals surface area (Å²) >= 11 is 0. The second-order valence-corrected chi connectivity index (χ2v) is 7.29. The van der Waals surface area contributed by atoms with E-state index < -0.39 is 0 Å². The van der Waals surface area contributed by atoms with E-state index in [0.29, 0.717) is 5.69 Å². The van der Waals surface area contributed by atoms with E-state index in [2.05, 4.69) is 78.8 Å². The number of para-hydroxylation sites is 1. The molecule has 0 spiro atoms. The SMILES string of the molecule is [C-]#[N+]c1cccc(-c2nc(-c3cccc(C)c3)cn2-c2c(C)cccc2CC)c1. The predicted molar refractivity (Wildman–Crippen MR) is 120 cm³/mol. The van der Waals surface area contributed by atoms with Crippen LogP contribution in [-0.4, -0.2) is 9.55 Å². The average Bonchev–Trinajstić information content (AvgIpc) is 3.18. The second-order valence-electron chi connectivity index (χ2n) is 7.29. The fourth-order valence-electron chi connectivity index (χ4n) is 3.76. The van der Waals surface area contributed by atoms with Crippen LogP contribution in [0.2, 0.25) is 0 Å². The molecule has 1 heterocycles. The van der Waals surface area contributed by atoms with E-state index >= 15 is 0 Å². The molecule has 0 amide bonds. The van der Waals surface area contributed by atoms with Gasteiger partial charge in [0.1, 0.15) is 5.82 Å². The zero-order valence-corrected chi connectivity index (χ0v) is 17.0. The average molecular weight is 377 g/mol. The molecule has 0 aliphatic heterocycles. The molecule has 1 aromatic heterocycles. The molecule has 29 heavy (non-hydrogen) atoms. The van der Waals surface area contributed by atoms with Crippen LogP contribution in [0.4, 0.5) is 5.69 Å². The molecular formula is C26H23N3.